The maximum atomic E-state index is 11.8. The molecule has 5 nitrogen and oxygen atoms in total. The molecule has 0 radical (unpaired) electrons. The van der Waals surface area contributed by atoms with Gasteiger partial charge in [-0.3, -0.25) is 4.79 Å². The van der Waals surface area contributed by atoms with Crippen LogP contribution in [0.3, 0.4) is 0 Å². The van der Waals surface area contributed by atoms with Crippen molar-refractivity contribution < 1.29 is 9.36 Å². The van der Waals surface area contributed by atoms with Crippen molar-refractivity contribution in [1.82, 2.24) is 9.88 Å². The van der Waals surface area contributed by atoms with Gasteiger partial charge in [0.15, 0.2) is 11.0 Å². The lowest BCUT2D eigenvalue weighted by molar-refractivity contribution is -0.647. The van der Waals surface area contributed by atoms with E-state index in [2.05, 4.69) is 69.1 Å². The Morgan fingerprint density at radius 1 is 1.03 bits per heavy atom. The third-order valence-corrected chi connectivity index (χ3v) is 7.00. The van der Waals surface area contributed by atoms with Gasteiger partial charge in [0.2, 0.25) is 5.91 Å². The molecule has 0 saturated carbocycles. The molecule has 0 unspecified atom stereocenters. The van der Waals surface area contributed by atoms with Crippen LogP contribution < -0.4 is 15.6 Å². The molecule has 0 atom stereocenters. The maximum Gasteiger partial charge on any atom is 0.282 e. The SMILES string of the molecule is C[n+]1c(C=Cc2cccc3ccccc23)n(CCCCCC(=O)NCCN)c2cc(Cl)c(Cl)cc21. The minimum absolute atomic E-state index is 0.0633. The van der Waals surface area contributed by atoms with E-state index < -0.39 is 0 Å². The highest BCUT2D eigenvalue weighted by atomic mass is 35.5. The molecule has 0 bridgehead atoms. The van der Waals surface area contributed by atoms with E-state index in [9.17, 15) is 4.79 Å². The Balaban J connectivity index is 1.60. The summed E-state index contributed by atoms with van der Waals surface area (Å²) in [5.74, 6) is 1.13. The van der Waals surface area contributed by atoms with E-state index in [-0.39, 0.29) is 5.91 Å². The molecule has 3 aromatic carbocycles. The number of imidazole rings is 1. The molecular formula is C28H31Cl2N4O+. The first-order valence-electron chi connectivity index (χ1n) is 12.0. The molecule has 0 aliphatic heterocycles. The number of carbonyl (C=O) groups excluding carboxylic acids is 1. The zero-order valence-corrected chi connectivity index (χ0v) is 21.4. The molecule has 0 saturated heterocycles. The fourth-order valence-corrected chi connectivity index (χ4v) is 4.78. The van der Waals surface area contributed by atoms with E-state index in [0.29, 0.717) is 29.6 Å². The molecule has 0 aliphatic carbocycles. The molecule has 3 N–H and O–H groups in total. The van der Waals surface area contributed by atoms with Crippen molar-refractivity contribution in [3.05, 3.63) is 76.0 Å². The van der Waals surface area contributed by atoms with Crippen LogP contribution >= 0.6 is 23.2 Å². The van der Waals surface area contributed by atoms with Gasteiger partial charge in [-0.15, -0.1) is 0 Å². The molecule has 1 heterocycles. The van der Waals surface area contributed by atoms with E-state index in [0.717, 1.165) is 42.7 Å². The van der Waals surface area contributed by atoms with E-state index in [1.165, 1.54) is 16.3 Å². The van der Waals surface area contributed by atoms with E-state index in [1.54, 1.807) is 0 Å². The van der Waals surface area contributed by atoms with Gasteiger partial charge >= 0.3 is 0 Å². The Bertz CT molecular complexity index is 1370. The second-order valence-electron chi connectivity index (χ2n) is 8.67. The summed E-state index contributed by atoms with van der Waals surface area (Å²) in [5.41, 5.74) is 8.68. The van der Waals surface area contributed by atoms with Crippen LogP contribution in [0.15, 0.2) is 54.6 Å². The Morgan fingerprint density at radius 3 is 2.63 bits per heavy atom. The molecule has 182 valence electrons. The maximum absolute atomic E-state index is 11.8. The van der Waals surface area contributed by atoms with Crippen molar-refractivity contribution in [3.63, 3.8) is 0 Å². The van der Waals surface area contributed by atoms with Crippen LogP contribution in [0.25, 0.3) is 34.0 Å². The number of amides is 1. The number of nitrogens with one attached hydrogen (secondary N) is 1. The standard InChI is InChI=1S/C28H30Cl2N4O/c1-33-25-18-23(29)24(30)19-26(25)34(17-6-2-3-12-27(35)32-16-15-31)28(33)14-13-21-10-7-9-20-8-4-5-11-22(20)21/h4-5,7-11,13-14,18-19H,2-3,6,12,15-17,31H2,1H3/p+1. The molecule has 35 heavy (non-hydrogen) atoms. The van der Waals surface area contributed by atoms with Gasteiger partial charge in [0, 0.05) is 37.7 Å². The van der Waals surface area contributed by atoms with Gasteiger partial charge in [0.25, 0.3) is 5.82 Å². The summed E-state index contributed by atoms with van der Waals surface area (Å²) in [7, 11) is 2.05. The van der Waals surface area contributed by atoms with E-state index in [4.69, 9.17) is 28.9 Å². The second kappa shape index (κ2) is 11.7. The first-order valence-corrected chi connectivity index (χ1v) is 12.7. The molecule has 0 spiro atoms. The summed E-state index contributed by atoms with van der Waals surface area (Å²) in [6.07, 6.45) is 7.59. The number of fused-ring (bicyclic) bond motifs is 2. The predicted octanol–water partition coefficient (Wildman–Crippen LogP) is 5.73. The van der Waals surface area contributed by atoms with Crippen molar-refractivity contribution >= 4 is 63.1 Å². The number of benzene rings is 3. The third kappa shape index (κ3) is 5.87. The van der Waals surface area contributed by atoms with Crippen LogP contribution in [0.4, 0.5) is 0 Å². The molecule has 1 aromatic heterocycles. The van der Waals surface area contributed by atoms with E-state index >= 15 is 0 Å². The van der Waals surface area contributed by atoms with Crippen molar-refractivity contribution in [3.8, 4) is 0 Å². The average Bonchev–Trinajstić information content (AvgIpc) is 3.11. The number of halogens is 2. The average molecular weight is 510 g/mol. The number of aryl methyl sites for hydroxylation is 2. The van der Waals surface area contributed by atoms with E-state index in [1.807, 2.05) is 19.2 Å². The zero-order valence-electron chi connectivity index (χ0n) is 19.9. The highest BCUT2D eigenvalue weighted by Gasteiger charge is 2.22. The monoisotopic (exact) mass is 509 g/mol. The zero-order chi connectivity index (χ0) is 24.8. The topological polar surface area (TPSA) is 63.9 Å². The molecule has 4 aromatic rings. The van der Waals surface area contributed by atoms with Crippen LogP contribution in [0.5, 0.6) is 0 Å². The highest BCUT2D eigenvalue weighted by Crippen LogP contribution is 2.29. The minimum atomic E-state index is 0.0633. The van der Waals surface area contributed by atoms with Crippen molar-refractivity contribution in [2.24, 2.45) is 12.8 Å². The molecule has 0 fully saturated rings. The largest absolute Gasteiger partial charge is 0.355 e. The molecular weight excluding hydrogens is 479 g/mol. The van der Waals surface area contributed by atoms with Crippen LogP contribution in [-0.2, 0) is 18.4 Å². The van der Waals surface area contributed by atoms with Crippen molar-refractivity contribution in [2.75, 3.05) is 13.1 Å². The van der Waals surface area contributed by atoms with Gasteiger partial charge in [0.05, 0.1) is 23.6 Å². The Hall–Kier alpha value is -2.86. The van der Waals surface area contributed by atoms with Crippen LogP contribution in [0.2, 0.25) is 10.0 Å². The smallest absolute Gasteiger partial charge is 0.282 e. The number of hydrogen-bond acceptors (Lipinski definition) is 2. The minimum Gasteiger partial charge on any atom is -0.355 e. The number of rotatable bonds is 10. The first kappa shape index (κ1) is 25.2. The van der Waals surface area contributed by atoms with Gasteiger partial charge < -0.3 is 11.1 Å². The number of nitrogens with two attached hydrogens (primary N) is 1. The summed E-state index contributed by atoms with van der Waals surface area (Å²) in [5, 5.41) is 6.34. The summed E-state index contributed by atoms with van der Waals surface area (Å²) in [6, 6.07) is 18.6. The Labute approximate surface area is 216 Å². The second-order valence-corrected chi connectivity index (χ2v) is 9.49. The fraction of sp³-hybridized carbons (Fsp3) is 0.286. The number of carbonyl (C=O) groups is 1. The number of unbranched alkanes of at least 4 members (excludes halogenated alkanes) is 2. The third-order valence-electron chi connectivity index (χ3n) is 6.28. The van der Waals surface area contributed by atoms with Crippen LogP contribution in [0, 0.1) is 0 Å². The lowest BCUT2D eigenvalue weighted by atomic mass is 10.0. The van der Waals surface area contributed by atoms with Crippen LogP contribution in [-0.4, -0.2) is 23.6 Å². The molecule has 7 heteroatoms. The lowest BCUT2D eigenvalue weighted by Gasteiger charge is -2.04. The predicted molar refractivity (Wildman–Crippen MR) is 147 cm³/mol. The number of hydrogen-bond donors (Lipinski definition) is 2. The first-order chi connectivity index (χ1) is 17.0. The molecule has 1 amide bonds. The Kier molecular flexibility index (Phi) is 8.45. The summed E-state index contributed by atoms with van der Waals surface area (Å²) >= 11 is 12.7. The van der Waals surface area contributed by atoms with Crippen molar-refractivity contribution in [1.29, 1.82) is 0 Å². The summed E-state index contributed by atoms with van der Waals surface area (Å²) in [4.78, 5) is 11.8. The molecule has 4 rings (SSSR count). The summed E-state index contributed by atoms with van der Waals surface area (Å²) < 4.78 is 4.44. The van der Waals surface area contributed by atoms with Gasteiger partial charge in [-0.05, 0) is 41.7 Å². The van der Waals surface area contributed by atoms with Gasteiger partial charge in [-0.2, -0.15) is 0 Å². The molecule has 0 aliphatic rings. The normalized spacial score (nSPS) is 11.7. The van der Waals surface area contributed by atoms with Crippen molar-refractivity contribution in [2.45, 2.75) is 32.2 Å². The summed E-state index contributed by atoms with van der Waals surface area (Å²) in [6.45, 7) is 1.81. The van der Waals surface area contributed by atoms with Gasteiger partial charge in [-0.1, -0.05) is 65.7 Å². The van der Waals surface area contributed by atoms with Crippen LogP contribution in [0.1, 0.15) is 37.1 Å². The number of nitrogens with zero attached hydrogens (tertiary/aromatic N) is 2. The Morgan fingerprint density at radius 2 is 1.80 bits per heavy atom. The quantitative estimate of drug-likeness (QED) is 0.211. The van der Waals surface area contributed by atoms with Gasteiger partial charge in [0.1, 0.15) is 0 Å². The highest BCUT2D eigenvalue weighted by molar-refractivity contribution is 6.42. The lowest BCUT2D eigenvalue weighted by Crippen LogP contribution is -2.31. The van der Waals surface area contributed by atoms with Gasteiger partial charge in [-0.25, -0.2) is 9.13 Å². The number of aromatic nitrogens is 2. The fourth-order valence-electron chi connectivity index (χ4n) is 4.47.